The molecule has 1 aliphatic rings. The van der Waals surface area contributed by atoms with Gasteiger partial charge in [0.05, 0.1) is 7.11 Å². The molecule has 29 heavy (non-hydrogen) atoms. The number of aliphatic imine (C=N–C) groups is 1. The van der Waals surface area contributed by atoms with E-state index < -0.39 is 12.6 Å². The maximum absolute atomic E-state index is 12.8. The van der Waals surface area contributed by atoms with E-state index in [0.717, 1.165) is 0 Å². The van der Waals surface area contributed by atoms with Crippen molar-refractivity contribution in [3.63, 3.8) is 0 Å². The first-order valence-corrected chi connectivity index (χ1v) is 8.40. The monoisotopic (exact) mass is 402 g/mol. The minimum absolute atomic E-state index is 0.0508. The highest BCUT2D eigenvalue weighted by Gasteiger charge is 2.25. The number of alkyl halides is 2. The lowest BCUT2D eigenvalue weighted by Gasteiger charge is -2.12. The number of carbonyl (C=O) groups excluding carboxylic acids is 2. The molecule has 7 nitrogen and oxygen atoms in total. The zero-order chi connectivity index (χ0) is 21.0. The number of carbonyl (C=O) groups is 2. The number of hydrogen-bond acceptors (Lipinski definition) is 6. The molecule has 2 aromatic carbocycles. The molecular formula is C20H16F2N2O5. The van der Waals surface area contributed by atoms with Crippen LogP contribution in [0.25, 0.3) is 6.08 Å². The Balaban J connectivity index is 1.92. The number of para-hydroxylation sites is 1. The lowest BCUT2D eigenvalue weighted by Crippen LogP contribution is -2.07. The molecule has 3 rings (SSSR count). The average molecular weight is 402 g/mol. The standard InChI is InChI=1S/C20H16F2N2O5/c1-11(25)23-14-8-6-12(7-9-14)18-24-15(19(26)29-18)10-13-4-3-5-16(27-2)17(13)28-20(21)22/h3-10,20H,1-2H3,(H,23,25)/b15-10-. The normalized spacial score (nSPS) is 14.6. The van der Waals surface area contributed by atoms with Crippen LogP contribution < -0.4 is 14.8 Å². The predicted octanol–water partition coefficient (Wildman–Crippen LogP) is 3.60. The molecule has 1 amide bonds. The average Bonchev–Trinajstić information content (AvgIpc) is 3.03. The predicted molar refractivity (Wildman–Crippen MR) is 101 cm³/mol. The number of nitrogens with zero attached hydrogens (tertiary/aromatic N) is 1. The number of methoxy groups -OCH3 is 1. The van der Waals surface area contributed by atoms with Gasteiger partial charge in [0.1, 0.15) is 0 Å². The Morgan fingerprint density at radius 3 is 2.55 bits per heavy atom. The van der Waals surface area contributed by atoms with Gasteiger partial charge < -0.3 is 19.5 Å². The highest BCUT2D eigenvalue weighted by molar-refractivity contribution is 6.13. The number of hydrogen-bond donors (Lipinski definition) is 1. The van der Waals surface area contributed by atoms with Gasteiger partial charge in [0.15, 0.2) is 17.2 Å². The maximum Gasteiger partial charge on any atom is 0.387 e. The summed E-state index contributed by atoms with van der Waals surface area (Å²) in [4.78, 5) is 27.4. The number of esters is 1. The van der Waals surface area contributed by atoms with Gasteiger partial charge in [-0.2, -0.15) is 8.78 Å². The minimum Gasteiger partial charge on any atom is -0.493 e. The molecule has 1 heterocycles. The quantitative estimate of drug-likeness (QED) is 0.589. The third kappa shape index (κ3) is 4.75. The Bertz CT molecular complexity index is 1000. The molecular weight excluding hydrogens is 386 g/mol. The van der Waals surface area contributed by atoms with Crippen molar-refractivity contribution in [2.45, 2.75) is 13.5 Å². The van der Waals surface area contributed by atoms with Gasteiger partial charge in [-0.05, 0) is 36.4 Å². The first-order valence-electron chi connectivity index (χ1n) is 8.40. The highest BCUT2D eigenvalue weighted by Crippen LogP contribution is 2.34. The Morgan fingerprint density at radius 2 is 1.93 bits per heavy atom. The zero-order valence-corrected chi connectivity index (χ0v) is 15.4. The maximum atomic E-state index is 12.8. The van der Waals surface area contributed by atoms with Crippen molar-refractivity contribution in [3.05, 3.63) is 59.3 Å². The molecule has 0 bridgehead atoms. The van der Waals surface area contributed by atoms with Crippen LogP contribution in [0.15, 0.2) is 53.2 Å². The largest absolute Gasteiger partial charge is 0.493 e. The van der Waals surface area contributed by atoms with Gasteiger partial charge in [0.2, 0.25) is 11.8 Å². The summed E-state index contributed by atoms with van der Waals surface area (Å²) in [6.45, 7) is -1.68. The minimum atomic E-state index is -3.07. The van der Waals surface area contributed by atoms with Crippen LogP contribution >= 0.6 is 0 Å². The zero-order valence-electron chi connectivity index (χ0n) is 15.4. The number of rotatable bonds is 6. The summed E-state index contributed by atoms with van der Waals surface area (Å²) in [7, 11) is 1.31. The summed E-state index contributed by atoms with van der Waals surface area (Å²) in [6, 6.07) is 11.0. The molecule has 0 unspecified atom stereocenters. The number of ether oxygens (including phenoxy) is 3. The van der Waals surface area contributed by atoms with Gasteiger partial charge in [0, 0.05) is 23.7 Å². The Labute approximate surface area is 164 Å². The second-order valence-electron chi connectivity index (χ2n) is 5.85. The van der Waals surface area contributed by atoms with Crippen molar-refractivity contribution in [3.8, 4) is 11.5 Å². The van der Waals surface area contributed by atoms with Crippen LogP contribution in [0.1, 0.15) is 18.1 Å². The van der Waals surface area contributed by atoms with E-state index in [2.05, 4.69) is 15.0 Å². The first-order chi connectivity index (χ1) is 13.9. The van der Waals surface area contributed by atoms with E-state index in [0.29, 0.717) is 11.3 Å². The molecule has 0 fully saturated rings. The number of cyclic esters (lactones) is 1. The van der Waals surface area contributed by atoms with Crippen LogP contribution in [0.2, 0.25) is 0 Å². The number of nitrogens with one attached hydrogen (secondary N) is 1. The van der Waals surface area contributed by atoms with Crippen LogP contribution in [-0.2, 0) is 14.3 Å². The topological polar surface area (TPSA) is 86.2 Å². The van der Waals surface area contributed by atoms with Crippen molar-refractivity contribution < 1.29 is 32.6 Å². The molecule has 0 saturated carbocycles. The summed E-state index contributed by atoms with van der Waals surface area (Å²) in [6.07, 6.45) is 1.28. The summed E-state index contributed by atoms with van der Waals surface area (Å²) in [5.41, 5.74) is 1.18. The molecule has 1 aliphatic heterocycles. The molecule has 0 atom stereocenters. The highest BCUT2D eigenvalue weighted by atomic mass is 19.3. The van der Waals surface area contributed by atoms with Gasteiger partial charge in [-0.15, -0.1) is 0 Å². The Kier molecular flexibility index (Phi) is 5.87. The first kappa shape index (κ1) is 20.0. The Hall–Kier alpha value is -3.75. The van der Waals surface area contributed by atoms with E-state index in [1.54, 1.807) is 30.3 Å². The fraction of sp³-hybridized carbons (Fsp3) is 0.150. The van der Waals surface area contributed by atoms with Crippen molar-refractivity contribution in [1.82, 2.24) is 0 Å². The van der Waals surface area contributed by atoms with Gasteiger partial charge in [-0.3, -0.25) is 4.79 Å². The molecule has 0 aromatic heterocycles. The third-order valence-electron chi connectivity index (χ3n) is 3.80. The third-order valence-corrected chi connectivity index (χ3v) is 3.80. The Morgan fingerprint density at radius 1 is 1.21 bits per heavy atom. The lowest BCUT2D eigenvalue weighted by atomic mass is 10.1. The van der Waals surface area contributed by atoms with Crippen molar-refractivity contribution in [2.75, 3.05) is 12.4 Å². The fourth-order valence-electron chi connectivity index (χ4n) is 2.60. The van der Waals surface area contributed by atoms with Gasteiger partial charge in [-0.1, -0.05) is 12.1 Å². The summed E-state index contributed by atoms with van der Waals surface area (Å²) in [5, 5.41) is 2.62. The number of halogens is 2. The van der Waals surface area contributed by atoms with Crippen LogP contribution in [0.5, 0.6) is 11.5 Å². The second-order valence-corrected chi connectivity index (χ2v) is 5.85. The molecule has 0 spiro atoms. The summed E-state index contributed by atoms with van der Waals surface area (Å²) < 4.78 is 40.3. The van der Waals surface area contributed by atoms with Crippen LogP contribution in [0.3, 0.4) is 0 Å². The smallest absolute Gasteiger partial charge is 0.387 e. The molecule has 0 aliphatic carbocycles. The molecule has 9 heteroatoms. The summed E-state index contributed by atoms with van der Waals surface area (Å²) in [5.74, 6) is -1.03. The van der Waals surface area contributed by atoms with E-state index in [4.69, 9.17) is 9.47 Å². The SMILES string of the molecule is COc1cccc(/C=C2\N=C(c3ccc(NC(C)=O)cc3)OC2=O)c1OC(F)F. The number of amides is 1. The number of anilines is 1. The molecule has 2 aromatic rings. The van der Waals surface area contributed by atoms with Crippen molar-refractivity contribution >= 4 is 29.5 Å². The van der Waals surface area contributed by atoms with Gasteiger partial charge >= 0.3 is 12.6 Å². The van der Waals surface area contributed by atoms with E-state index in [9.17, 15) is 18.4 Å². The second kappa shape index (κ2) is 8.51. The van der Waals surface area contributed by atoms with Crippen LogP contribution in [0, 0.1) is 0 Å². The molecule has 0 saturated heterocycles. The van der Waals surface area contributed by atoms with E-state index in [1.807, 2.05) is 0 Å². The van der Waals surface area contributed by atoms with Gasteiger partial charge in [0.25, 0.3) is 0 Å². The van der Waals surface area contributed by atoms with Gasteiger partial charge in [-0.25, -0.2) is 9.79 Å². The van der Waals surface area contributed by atoms with E-state index in [1.165, 1.54) is 32.2 Å². The van der Waals surface area contributed by atoms with Crippen molar-refractivity contribution in [1.29, 1.82) is 0 Å². The molecule has 0 radical (unpaired) electrons. The number of benzene rings is 2. The van der Waals surface area contributed by atoms with Crippen LogP contribution in [0.4, 0.5) is 14.5 Å². The van der Waals surface area contributed by atoms with E-state index >= 15 is 0 Å². The lowest BCUT2D eigenvalue weighted by molar-refractivity contribution is -0.129. The van der Waals surface area contributed by atoms with Crippen LogP contribution in [-0.4, -0.2) is 31.5 Å². The van der Waals surface area contributed by atoms with E-state index in [-0.39, 0.29) is 34.6 Å². The summed E-state index contributed by atoms with van der Waals surface area (Å²) >= 11 is 0. The molecule has 1 N–H and O–H groups in total. The van der Waals surface area contributed by atoms with Crippen molar-refractivity contribution in [2.24, 2.45) is 4.99 Å². The fourth-order valence-corrected chi connectivity index (χ4v) is 2.60. The molecule has 150 valence electrons.